The van der Waals surface area contributed by atoms with Gasteiger partial charge < -0.3 is 10.0 Å². The van der Waals surface area contributed by atoms with Crippen LogP contribution in [0, 0.1) is 5.92 Å². The fourth-order valence-corrected chi connectivity index (χ4v) is 3.20. The fourth-order valence-electron chi connectivity index (χ4n) is 2.67. The van der Waals surface area contributed by atoms with E-state index in [9.17, 15) is 9.59 Å². The van der Waals surface area contributed by atoms with E-state index in [1.165, 1.54) is 5.56 Å². The van der Waals surface area contributed by atoms with Crippen LogP contribution in [0.25, 0.3) is 0 Å². The summed E-state index contributed by atoms with van der Waals surface area (Å²) in [7, 11) is 0. The molecule has 1 atom stereocenters. The maximum atomic E-state index is 12.4. The fraction of sp³-hybridized carbons (Fsp3) is 0.500. The number of carboxylic acid groups (broad SMARTS) is 1. The molecule has 21 heavy (non-hydrogen) atoms. The van der Waals surface area contributed by atoms with Gasteiger partial charge in [0.05, 0.1) is 0 Å². The van der Waals surface area contributed by atoms with Crippen molar-refractivity contribution in [3.8, 4) is 0 Å². The normalized spacial score (nSPS) is 18.0. The van der Waals surface area contributed by atoms with E-state index < -0.39 is 5.97 Å². The summed E-state index contributed by atoms with van der Waals surface area (Å²) in [6.45, 7) is 1.41. The molecule has 0 aromatic heterocycles. The number of nitrogens with zero attached hydrogens (tertiary/aromatic N) is 1. The lowest BCUT2D eigenvalue weighted by molar-refractivity contribution is -0.137. The Morgan fingerprint density at radius 1 is 1.33 bits per heavy atom. The van der Waals surface area contributed by atoms with Crippen LogP contribution in [0.4, 0.5) is 0 Å². The van der Waals surface area contributed by atoms with E-state index in [-0.39, 0.29) is 12.3 Å². The zero-order valence-corrected chi connectivity index (χ0v) is 13.1. The minimum absolute atomic E-state index is 0.0588. The Morgan fingerprint density at radius 3 is 2.67 bits per heavy atom. The molecule has 0 saturated carbocycles. The zero-order valence-electron chi connectivity index (χ0n) is 12.2. The van der Waals surface area contributed by atoms with E-state index in [4.69, 9.17) is 5.11 Å². The van der Waals surface area contributed by atoms with Gasteiger partial charge in [-0.1, -0.05) is 12.1 Å². The van der Waals surface area contributed by atoms with Crippen LogP contribution >= 0.6 is 11.8 Å². The van der Waals surface area contributed by atoms with Gasteiger partial charge >= 0.3 is 5.97 Å². The summed E-state index contributed by atoms with van der Waals surface area (Å²) in [5.74, 6) is 0.573. The third-order valence-corrected chi connectivity index (χ3v) is 4.47. The first-order valence-electron chi connectivity index (χ1n) is 7.19. The van der Waals surface area contributed by atoms with Gasteiger partial charge in [-0.2, -0.15) is 11.8 Å². The van der Waals surface area contributed by atoms with Crippen LogP contribution in [-0.4, -0.2) is 41.2 Å². The van der Waals surface area contributed by atoms with Gasteiger partial charge in [0.1, 0.15) is 0 Å². The number of hydrogen-bond donors (Lipinski definition) is 1. The van der Waals surface area contributed by atoms with E-state index in [2.05, 4.69) is 6.26 Å². The first-order chi connectivity index (χ1) is 10.1. The summed E-state index contributed by atoms with van der Waals surface area (Å²) in [4.78, 5) is 24.8. The molecule has 0 aliphatic carbocycles. The average molecular weight is 307 g/mol. The molecule has 1 fully saturated rings. The molecular formula is C16H21NO3S. The Bertz CT molecular complexity index is 501. The number of carbonyl (C=O) groups excluding carboxylic acids is 1. The molecule has 1 unspecified atom stereocenters. The van der Waals surface area contributed by atoms with Gasteiger partial charge in [-0.05, 0) is 42.7 Å². The lowest BCUT2D eigenvalue weighted by atomic mass is 10.0. The summed E-state index contributed by atoms with van der Waals surface area (Å²) in [5.41, 5.74) is 1.94. The Morgan fingerprint density at radius 2 is 2.05 bits per heavy atom. The molecule has 0 bridgehead atoms. The van der Waals surface area contributed by atoms with Crippen LogP contribution in [0.15, 0.2) is 24.3 Å². The summed E-state index contributed by atoms with van der Waals surface area (Å²) in [6.07, 6.45) is 3.81. The van der Waals surface area contributed by atoms with Crippen LogP contribution in [0.3, 0.4) is 0 Å². The largest absolute Gasteiger partial charge is 0.481 e. The molecule has 1 aromatic carbocycles. The van der Waals surface area contributed by atoms with E-state index >= 15 is 0 Å². The Hall–Kier alpha value is -1.49. The first-order valence-corrected chi connectivity index (χ1v) is 8.58. The molecule has 0 radical (unpaired) electrons. The number of carboxylic acids is 1. The van der Waals surface area contributed by atoms with Crippen molar-refractivity contribution in [3.63, 3.8) is 0 Å². The highest BCUT2D eigenvalue weighted by Gasteiger charge is 2.27. The predicted molar refractivity (Wildman–Crippen MR) is 84.5 cm³/mol. The van der Waals surface area contributed by atoms with E-state index in [0.717, 1.165) is 24.3 Å². The minimum Gasteiger partial charge on any atom is -0.481 e. The highest BCUT2D eigenvalue weighted by atomic mass is 32.2. The van der Waals surface area contributed by atoms with Crippen LogP contribution in [0.5, 0.6) is 0 Å². The average Bonchev–Trinajstić information content (AvgIpc) is 2.94. The van der Waals surface area contributed by atoms with E-state index in [1.807, 2.05) is 29.2 Å². The monoisotopic (exact) mass is 307 g/mol. The SMILES string of the molecule is CSCc1ccc(C(=O)N2CCC(CCC(=O)O)C2)cc1. The minimum atomic E-state index is -0.760. The number of rotatable bonds is 6. The van der Waals surface area contributed by atoms with Gasteiger partial charge in [0.15, 0.2) is 0 Å². The number of amides is 1. The van der Waals surface area contributed by atoms with E-state index in [0.29, 0.717) is 18.9 Å². The number of thioether (sulfide) groups is 1. The van der Waals surface area contributed by atoms with Crippen LogP contribution in [0.2, 0.25) is 0 Å². The predicted octanol–water partition coefficient (Wildman–Crippen LogP) is 2.88. The van der Waals surface area contributed by atoms with Crippen molar-refractivity contribution in [1.29, 1.82) is 0 Å². The quantitative estimate of drug-likeness (QED) is 0.878. The molecule has 1 amide bonds. The van der Waals surface area contributed by atoms with Crippen LogP contribution in [0.1, 0.15) is 35.2 Å². The summed E-state index contributed by atoms with van der Waals surface area (Å²) in [5, 5.41) is 8.71. The highest BCUT2D eigenvalue weighted by Crippen LogP contribution is 2.23. The molecule has 1 aliphatic heterocycles. The van der Waals surface area contributed by atoms with Crippen molar-refractivity contribution < 1.29 is 14.7 Å². The van der Waals surface area contributed by atoms with Gasteiger partial charge in [0, 0.05) is 30.8 Å². The second-order valence-electron chi connectivity index (χ2n) is 5.47. The summed E-state index contributed by atoms with van der Waals surface area (Å²) < 4.78 is 0. The van der Waals surface area contributed by atoms with Crippen molar-refractivity contribution in [2.75, 3.05) is 19.3 Å². The van der Waals surface area contributed by atoms with Gasteiger partial charge in [0.2, 0.25) is 0 Å². The van der Waals surface area contributed by atoms with Gasteiger partial charge in [0.25, 0.3) is 5.91 Å². The Kier molecular flexibility index (Phi) is 5.67. The zero-order chi connectivity index (χ0) is 15.2. The lowest BCUT2D eigenvalue weighted by Gasteiger charge is -2.16. The van der Waals surface area contributed by atoms with Gasteiger partial charge in [-0.3, -0.25) is 9.59 Å². The second kappa shape index (κ2) is 7.50. The molecule has 1 saturated heterocycles. The molecule has 5 heteroatoms. The summed E-state index contributed by atoms with van der Waals surface area (Å²) in [6, 6.07) is 7.78. The van der Waals surface area contributed by atoms with Crippen molar-refractivity contribution in [3.05, 3.63) is 35.4 Å². The molecule has 114 valence electrons. The molecule has 1 N–H and O–H groups in total. The molecule has 1 aliphatic rings. The van der Waals surface area contributed by atoms with Gasteiger partial charge in [-0.25, -0.2) is 0 Å². The Labute approximate surface area is 129 Å². The Balaban J connectivity index is 1.90. The molecule has 4 nitrogen and oxygen atoms in total. The third kappa shape index (κ3) is 4.49. The molecule has 2 rings (SSSR count). The summed E-state index contributed by atoms with van der Waals surface area (Å²) >= 11 is 1.76. The number of likely N-dealkylation sites (tertiary alicyclic amines) is 1. The van der Waals surface area contributed by atoms with Gasteiger partial charge in [-0.15, -0.1) is 0 Å². The number of benzene rings is 1. The van der Waals surface area contributed by atoms with Crippen LogP contribution < -0.4 is 0 Å². The maximum Gasteiger partial charge on any atom is 0.303 e. The van der Waals surface area contributed by atoms with Crippen molar-refractivity contribution in [1.82, 2.24) is 4.90 Å². The molecule has 0 spiro atoms. The molecular weight excluding hydrogens is 286 g/mol. The van der Waals surface area contributed by atoms with E-state index in [1.54, 1.807) is 11.8 Å². The topological polar surface area (TPSA) is 57.6 Å². The molecule has 1 heterocycles. The van der Waals surface area contributed by atoms with Crippen molar-refractivity contribution in [2.24, 2.45) is 5.92 Å². The first kappa shape index (κ1) is 15.9. The lowest BCUT2D eigenvalue weighted by Crippen LogP contribution is -2.28. The standard InChI is InChI=1S/C16H21NO3S/c1-21-11-13-2-5-14(6-3-13)16(20)17-9-8-12(10-17)4-7-15(18)19/h2-3,5-6,12H,4,7-11H2,1H3,(H,18,19). The number of aliphatic carboxylic acids is 1. The smallest absolute Gasteiger partial charge is 0.303 e. The number of carbonyl (C=O) groups is 2. The van der Waals surface area contributed by atoms with Crippen LogP contribution in [-0.2, 0) is 10.5 Å². The number of hydrogen-bond acceptors (Lipinski definition) is 3. The van der Waals surface area contributed by atoms with Crippen molar-refractivity contribution in [2.45, 2.75) is 25.0 Å². The van der Waals surface area contributed by atoms with Crippen molar-refractivity contribution >= 4 is 23.6 Å². The second-order valence-corrected chi connectivity index (χ2v) is 6.33. The third-order valence-electron chi connectivity index (χ3n) is 3.85. The highest BCUT2D eigenvalue weighted by molar-refractivity contribution is 7.97. The maximum absolute atomic E-state index is 12.4. The molecule has 1 aromatic rings.